The number of nitrogens with one attached hydrogen (secondary N) is 1. The number of thioether (sulfide) groups is 1. The van der Waals surface area contributed by atoms with Gasteiger partial charge >= 0.3 is 5.97 Å². The zero-order valence-electron chi connectivity index (χ0n) is 14.1. The summed E-state index contributed by atoms with van der Waals surface area (Å²) in [5.41, 5.74) is 2.84. The van der Waals surface area contributed by atoms with Crippen molar-refractivity contribution < 1.29 is 14.3 Å². The van der Waals surface area contributed by atoms with Gasteiger partial charge in [0.2, 0.25) is 0 Å². The topological polar surface area (TPSA) is 55.4 Å². The molecule has 2 aromatic rings. The Balaban J connectivity index is 1.74. The zero-order chi connectivity index (χ0) is 18.2. The molecule has 0 heterocycles. The molecule has 6 heteroatoms. The van der Waals surface area contributed by atoms with E-state index in [-0.39, 0.29) is 5.75 Å². The maximum Gasteiger partial charge on any atom is 0.316 e. The van der Waals surface area contributed by atoms with Crippen molar-refractivity contribution in [3.05, 3.63) is 64.7 Å². The highest BCUT2D eigenvalue weighted by Gasteiger charge is 2.18. The summed E-state index contributed by atoms with van der Waals surface area (Å²) in [4.78, 5) is 23.9. The summed E-state index contributed by atoms with van der Waals surface area (Å²) < 4.78 is 5.17. The van der Waals surface area contributed by atoms with Crippen LogP contribution in [0.2, 0.25) is 5.02 Å². The van der Waals surface area contributed by atoms with Crippen LogP contribution in [0.25, 0.3) is 0 Å². The van der Waals surface area contributed by atoms with Gasteiger partial charge in [-0.3, -0.25) is 9.59 Å². The van der Waals surface area contributed by atoms with Crippen molar-refractivity contribution in [2.24, 2.45) is 0 Å². The molecule has 1 amide bonds. The first kappa shape index (κ1) is 19.3. The highest BCUT2D eigenvalue weighted by Crippen LogP contribution is 2.21. The van der Waals surface area contributed by atoms with E-state index >= 15 is 0 Å². The van der Waals surface area contributed by atoms with Gasteiger partial charge in [0, 0.05) is 5.75 Å². The monoisotopic (exact) mass is 377 g/mol. The summed E-state index contributed by atoms with van der Waals surface area (Å²) in [6.45, 7) is 3.57. The molecule has 0 spiro atoms. The van der Waals surface area contributed by atoms with Crippen LogP contribution in [0, 0.1) is 6.92 Å². The average Bonchev–Trinajstić information content (AvgIpc) is 2.58. The number of carbonyl (C=O) groups is 2. The fraction of sp³-hybridized carbons (Fsp3) is 0.263. The van der Waals surface area contributed by atoms with Gasteiger partial charge in [-0.2, -0.15) is 0 Å². The van der Waals surface area contributed by atoms with Crippen LogP contribution in [0.4, 0.5) is 5.69 Å². The first-order valence-corrected chi connectivity index (χ1v) is 9.37. The van der Waals surface area contributed by atoms with Crippen LogP contribution in [0.15, 0.2) is 48.5 Å². The van der Waals surface area contributed by atoms with E-state index in [9.17, 15) is 9.59 Å². The molecule has 2 rings (SSSR count). The third-order valence-corrected chi connectivity index (χ3v) is 4.73. The Labute approximate surface area is 156 Å². The number of rotatable bonds is 7. The molecule has 1 N–H and O–H groups in total. The van der Waals surface area contributed by atoms with Gasteiger partial charge in [-0.05, 0) is 31.5 Å². The predicted molar refractivity (Wildman–Crippen MR) is 103 cm³/mol. The molecule has 4 nitrogen and oxygen atoms in total. The van der Waals surface area contributed by atoms with Crippen LogP contribution in [0.1, 0.15) is 18.1 Å². The van der Waals surface area contributed by atoms with Crippen LogP contribution in [0.3, 0.4) is 0 Å². The maximum atomic E-state index is 12.1. The third kappa shape index (κ3) is 6.44. The SMILES string of the molecule is Cc1ccc(CSCC(=O)O[C@H](C)C(=O)Nc2ccccc2Cl)cc1. The number of ether oxygens (including phenoxy) is 1. The van der Waals surface area contributed by atoms with Crippen molar-refractivity contribution in [1.82, 2.24) is 0 Å². The minimum atomic E-state index is -0.885. The largest absolute Gasteiger partial charge is 0.452 e. The Kier molecular flexibility index (Phi) is 7.34. The number of halogens is 1. The van der Waals surface area contributed by atoms with Gasteiger partial charge in [0.15, 0.2) is 6.10 Å². The number of benzene rings is 2. The molecule has 0 unspecified atom stereocenters. The fourth-order valence-corrected chi connectivity index (χ4v) is 2.97. The second-order valence-electron chi connectivity index (χ2n) is 5.58. The highest BCUT2D eigenvalue weighted by molar-refractivity contribution is 7.99. The van der Waals surface area contributed by atoms with E-state index in [0.29, 0.717) is 10.7 Å². The van der Waals surface area contributed by atoms with Gasteiger partial charge in [0.1, 0.15) is 0 Å². The van der Waals surface area contributed by atoms with Crippen LogP contribution < -0.4 is 5.32 Å². The van der Waals surface area contributed by atoms with E-state index in [1.165, 1.54) is 24.2 Å². The van der Waals surface area contributed by atoms with Gasteiger partial charge in [0.05, 0.1) is 16.5 Å². The molecule has 2 aromatic carbocycles. The predicted octanol–water partition coefficient (Wildman–Crippen LogP) is 4.45. The van der Waals surface area contributed by atoms with E-state index in [2.05, 4.69) is 5.32 Å². The van der Waals surface area contributed by atoms with Crippen molar-refractivity contribution >= 4 is 40.9 Å². The molecule has 0 bridgehead atoms. The van der Waals surface area contributed by atoms with E-state index in [1.54, 1.807) is 24.3 Å². The Morgan fingerprint density at radius 2 is 1.84 bits per heavy atom. The van der Waals surface area contributed by atoms with Gasteiger partial charge < -0.3 is 10.1 Å². The first-order chi connectivity index (χ1) is 12.0. The molecule has 0 aromatic heterocycles. The van der Waals surface area contributed by atoms with E-state index in [0.717, 1.165) is 11.3 Å². The quantitative estimate of drug-likeness (QED) is 0.724. The molecule has 0 saturated heterocycles. The van der Waals surface area contributed by atoms with Gasteiger partial charge in [-0.1, -0.05) is 53.6 Å². The lowest BCUT2D eigenvalue weighted by Crippen LogP contribution is -2.30. The normalized spacial score (nSPS) is 11.6. The lowest BCUT2D eigenvalue weighted by molar-refractivity contribution is -0.150. The molecule has 0 fully saturated rings. The van der Waals surface area contributed by atoms with Crippen molar-refractivity contribution in [2.45, 2.75) is 25.7 Å². The number of anilines is 1. The van der Waals surface area contributed by atoms with Crippen LogP contribution >= 0.6 is 23.4 Å². The number of aryl methyl sites for hydroxylation is 1. The van der Waals surface area contributed by atoms with E-state index < -0.39 is 18.0 Å². The third-order valence-electron chi connectivity index (χ3n) is 3.42. The Morgan fingerprint density at radius 3 is 2.52 bits per heavy atom. The Hall–Kier alpha value is -1.98. The van der Waals surface area contributed by atoms with Crippen LogP contribution in [0.5, 0.6) is 0 Å². The number of para-hydroxylation sites is 1. The summed E-state index contributed by atoms with van der Waals surface area (Å²) in [5.74, 6) is 0.0802. The number of esters is 1. The molecule has 0 aliphatic heterocycles. The molecular weight excluding hydrogens is 358 g/mol. The highest BCUT2D eigenvalue weighted by atomic mass is 35.5. The molecule has 0 radical (unpaired) electrons. The summed E-state index contributed by atoms with van der Waals surface area (Å²) in [6, 6.07) is 15.0. The van der Waals surface area contributed by atoms with Gasteiger partial charge in [0.25, 0.3) is 5.91 Å². The van der Waals surface area contributed by atoms with Crippen LogP contribution in [-0.4, -0.2) is 23.7 Å². The maximum absolute atomic E-state index is 12.1. The second-order valence-corrected chi connectivity index (χ2v) is 6.97. The minimum absolute atomic E-state index is 0.192. The Morgan fingerprint density at radius 1 is 1.16 bits per heavy atom. The summed E-state index contributed by atoms with van der Waals surface area (Å²) in [7, 11) is 0. The molecule has 0 aliphatic rings. The van der Waals surface area contributed by atoms with Crippen molar-refractivity contribution in [1.29, 1.82) is 0 Å². The molecule has 25 heavy (non-hydrogen) atoms. The first-order valence-electron chi connectivity index (χ1n) is 7.84. The number of amides is 1. The molecule has 0 saturated carbocycles. The smallest absolute Gasteiger partial charge is 0.316 e. The summed E-state index contributed by atoms with van der Waals surface area (Å²) >= 11 is 7.44. The fourth-order valence-electron chi connectivity index (χ4n) is 2.02. The van der Waals surface area contributed by atoms with Gasteiger partial charge in [-0.15, -0.1) is 11.8 Å². The summed E-state index contributed by atoms with van der Waals surface area (Å²) in [6.07, 6.45) is -0.885. The Bertz CT molecular complexity index is 734. The number of carbonyl (C=O) groups excluding carboxylic acids is 2. The van der Waals surface area contributed by atoms with Crippen LogP contribution in [-0.2, 0) is 20.1 Å². The zero-order valence-corrected chi connectivity index (χ0v) is 15.7. The molecule has 132 valence electrons. The summed E-state index contributed by atoms with van der Waals surface area (Å²) in [5, 5.41) is 3.08. The number of hydrogen-bond acceptors (Lipinski definition) is 4. The lowest BCUT2D eigenvalue weighted by atomic mass is 10.2. The van der Waals surface area contributed by atoms with Gasteiger partial charge in [-0.25, -0.2) is 0 Å². The minimum Gasteiger partial charge on any atom is -0.452 e. The average molecular weight is 378 g/mol. The van der Waals surface area contributed by atoms with E-state index in [1.807, 2.05) is 31.2 Å². The standard InChI is InChI=1S/C19H20ClNO3S/c1-13-7-9-15(10-8-13)11-25-12-18(22)24-14(2)19(23)21-17-6-4-3-5-16(17)20/h3-10,14H,11-12H2,1-2H3,(H,21,23)/t14-/m1/s1. The van der Waals surface area contributed by atoms with Crippen molar-refractivity contribution in [3.8, 4) is 0 Å². The molecular formula is C19H20ClNO3S. The number of hydrogen-bond donors (Lipinski definition) is 1. The molecule has 0 aliphatic carbocycles. The second kappa shape index (κ2) is 9.49. The van der Waals surface area contributed by atoms with Crippen molar-refractivity contribution in [3.63, 3.8) is 0 Å². The molecule has 1 atom stereocenters. The van der Waals surface area contributed by atoms with Crippen molar-refractivity contribution in [2.75, 3.05) is 11.1 Å². The lowest BCUT2D eigenvalue weighted by Gasteiger charge is -2.14. The van der Waals surface area contributed by atoms with E-state index in [4.69, 9.17) is 16.3 Å².